The molecule has 0 fully saturated rings. The predicted octanol–water partition coefficient (Wildman–Crippen LogP) is 2.91. The monoisotopic (exact) mass is 286 g/mol. The molecule has 88 valence electrons. The molecule has 0 aliphatic heterocycles. The molecule has 3 nitrogen and oxygen atoms in total. The van der Waals surface area contributed by atoms with Crippen LogP contribution in [0.4, 0.5) is 0 Å². The van der Waals surface area contributed by atoms with Gasteiger partial charge in [-0.05, 0) is 30.5 Å². The van der Waals surface area contributed by atoms with Crippen LogP contribution >= 0.6 is 15.9 Å². The highest BCUT2D eigenvalue weighted by Crippen LogP contribution is 2.31. The molecule has 0 aromatic heterocycles. The third-order valence-electron chi connectivity index (χ3n) is 2.70. The Bertz CT molecular complexity index is 378. The summed E-state index contributed by atoms with van der Waals surface area (Å²) in [6, 6.07) is 7.35. The molecule has 0 aliphatic carbocycles. The molecule has 0 bridgehead atoms. The quantitative estimate of drug-likeness (QED) is 0.875. The van der Waals surface area contributed by atoms with Crippen LogP contribution in [0.2, 0.25) is 0 Å². The van der Waals surface area contributed by atoms with Crippen molar-refractivity contribution < 1.29 is 15.0 Å². The van der Waals surface area contributed by atoms with E-state index in [1.54, 1.807) is 0 Å². The van der Waals surface area contributed by atoms with Crippen LogP contribution in [0, 0.1) is 0 Å². The van der Waals surface area contributed by atoms with Crippen molar-refractivity contribution in [2.45, 2.75) is 31.8 Å². The van der Waals surface area contributed by atoms with E-state index in [9.17, 15) is 9.90 Å². The number of carboxylic acid groups (broad SMARTS) is 1. The summed E-state index contributed by atoms with van der Waals surface area (Å²) < 4.78 is 0.882. The molecule has 1 rings (SSSR count). The van der Waals surface area contributed by atoms with Crippen molar-refractivity contribution in [1.82, 2.24) is 0 Å². The van der Waals surface area contributed by atoms with Gasteiger partial charge in [0.05, 0.1) is 5.60 Å². The fourth-order valence-corrected chi connectivity index (χ4v) is 2.02. The van der Waals surface area contributed by atoms with E-state index in [0.29, 0.717) is 6.42 Å². The van der Waals surface area contributed by atoms with Crippen molar-refractivity contribution in [3.63, 3.8) is 0 Å². The number of carboxylic acids is 1. The first kappa shape index (κ1) is 13.2. The van der Waals surface area contributed by atoms with Crippen molar-refractivity contribution in [2.24, 2.45) is 0 Å². The molecular formula is C12H15BrO3. The molecule has 0 spiro atoms. The normalized spacial score (nSPS) is 14.4. The van der Waals surface area contributed by atoms with Crippen LogP contribution in [-0.2, 0) is 10.4 Å². The number of hydrogen-bond donors (Lipinski definition) is 2. The number of hydrogen-bond acceptors (Lipinski definition) is 2. The maximum atomic E-state index is 10.5. The Morgan fingerprint density at radius 3 is 2.69 bits per heavy atom. The van der Waals surface area contributed by atoms with Gasteiger partial charge < -0.3 is 10.2 Å². The summed E-state index contributed by atoms with van der Waals surface area (Å²) in [5, 5.41) is 19.0. The third kappa shape index (κ3) is 3.32. The summed E-state index contributed by atoms with van der Waals surface area (Å²) in [6.07, 6.45) is 0.697. The summed E-state index contributed by atoms with van der Waals surface area (Å²) >= 11 is 3.34. The van der Waals surface area contributed by atoms with Crippen LogP contribution in [0.15, 0.2) is 28.7 Å². The minimum atomic E-state index is -1.05. The smallest absolute Gasteiger partial charge is 0.303 e. The molecule has 0 aliphatic rings. The van der Waals surface area contributed by atoms with Crippen molar-refractivity contribution in [1.29, 1.82) is 0 Å². The number of halogens is 1. The molecule has 2 N–H and O–H groups in total. The Morgan fingerprint density at radius 2 is 2.19 bits per heavy atom. The predicted molar refractivity (Wildman–Crippen MR) is 65.2 cm³/mol. The summed E-state index contributed by atoms with van der Waals surface area (Å²) in [7, 11) is 0. The minimum absolute atomic E-state index is 0.0309. The van der Waals surface area contributed by atoms with Crippen LogP contribution in [0.1, 0.15) is 31.7 Å². The summed E-state index contributed by atoms with van der Waals surface area (Å²) in [5.41, 5.74) is -0.298. The number of aliphatic carboxylic acids is 1. The Morgan fingerprint density at radius 1 is 1.50 bits per heavy atom. The molecule has 1 unspecified atom stereocenters. The molecule has 0 amide bonds. The highest BCUT2D eigenvalue weighted by Gasteiger charge is 2.27. The lowest BCUT2D eigenvalue weighted by atomic mass is 9.87. The lowest BCUT2D eigenvalue weighted by Gasteiger charge is -2.27. The Hall–Kier alpha value is -0.870. The van der Waals surface area contributed by atoms with Gasteiger partial charge in [0.2, 0.25) is 0 Å². The number of aliphatic hydroxyl groups is 1. The van der Waals surface area contributed by atoms with Gasteiger partial charge in [0.25, 0.3) is 0 Å². The van der Waals surface area contributed by atoms with Gasteiger partial charge in [0.15, 0.2) is 0 Å². The third-order valence-corrected chi connectivity index (χ3v) is 3.19. The minimum Gasteiger partial charge on any atom is -0.481 e. The van der Waals surface area contributed by atoms with E-state index in [2.05, 4.69) is 15.9 Å². The first-order valence-corrected chi connectivity index (χ1v) is 5.97. The first-order chi connectivity index (χ1) is 7.48. The highest BCUT2D eigenvalue weighted by atomic mass is 79.9. The van der Waals surface area contributed by atoms with Crippen LogP contribution in [0.3, 0.4) is 0 Å². The highest BCUT2D eigenvalue weighted by molar-refractivity contribution is 9.10. The first-order valence-electron chi connectivity index (χ1n) is 5.18. The van der Waals surface area contributed by atoms with E-state index in [1.807, 2.05) is 31.2 Å². The molecule has 1 aromatic carbocycles. The average Bonchev–Trinajstić information content (AvgIpc) is 2.26. The zero-order valence-corrected chi connectivity index (χ0v) is 10.7. The van der Waals surface area contributed by atoms with Crippen LogP contribution < -0.4 is 0 Å². The van der Waals surface area contributed by atoms with Crippen LogP contribution in [-0.4, -0.2) is 16.2 Å². The van der Waals surface area contributed by atoms with E-state index in [0.717, 1.165) is 10.0 Å². The molecule has 16 heavy (non-hydrogen) atoms. The van der Waals surface area contributed by atoms with E-state index < -0.39 is 11.6 Å². The maximum absolute atomic E-state index is 10.5. The van der Waals surface area contributed by atoms with E-state index >= 15 is 0 Å². The zero-order chi connectivity index (χ0) is 12.2. The van der Waals surface area contributed by atoms with Crippen LogP contribution in [0.25, 0.3) is 0 Å². The molecule has 0 saturated heterocycles. The van der Waals surface area contributed by atoms with Gasteiger partial charge in [-0.1, -0.05) is 35.0 Å². The van der Waals surface area contributed by atoms with Crippen molar-refractivity contribution in [3.8, 4) is 0 Å². The lowest BCUT2D eigenvalue weighted by molar-refractivity contribution is -0.138. The molecule has 0 heterocycles. The van der Waals surface area contributed by atoms with Crippen molar-refractivity contribution in [3.05, 3.63) is 34.3 Å². The second-order valence-electron chi connectivity index (χ2n) is 3.79. The van der Waals surface area contributed by atoms with Gasteiger partial charge in [-0.15, -0.1) is 0 Å². The average molecular weight is 287 g/mol. The molecule has 4 heteroatoms. The molecule has 1 atom stereocenters. The number of benzene rings is 1. The summed E-state index contributed by atoms with van der Waals surface area (Å²) in [6.45, 7) is 1.85. The van der Waals surface area contributed by atoms with Crippen molar-refractivity contribution in [2.75, 3.05) is 0 Å². The molecule has 0 saturated carbocycles. The zero-order valence-electron chi connectivity index (χ0n) is 9.11. The summed E-state index contributed by atoms with van der Waals surface area (Å²) in [5.74, 6) is -0.887. The fourth-order valence-electron chi connectivity index (χ4n) is 1.62. The second kappa shape index (κ2) is 5.46. The SMILES string of the molecule is CCC(O)(CCC(=O)O)c1cccc(Br)c1. The van der Waals surface area contributed by atoms with E-state index in [1.165, 1.54) is 0 Å². The Balaban J connectivity index is 2.90. The van der Waals surface area contributed by atoms with Gasteiger partial charge in [0, 0.05) is 10.9 Å². The van der Waals surface area contributed by atoms with E-state index in [4.69, 9.17) is 5.11 Å². The molecule has 1 aromatic rings. The van der Waals surface area contributed by atoms with E-state index in [-0.39, 0.29) is 12.8 Å². The Kier molecular flexibility index (Phi) is 4.50. The summed E-state index contributed by atoms with van der Waals surface area (Å²) in [4.78, 5) is 10.5. The lowest BCUT2D eigenvalue weighted by Crippen LogP contribution is -2.25. The van der Waals surface area contributed by atoms with Gasteiger partial charge in [-0.3, -0.25) is 4.79 Å². The van der Waals surface area contributed by atoms with Gasteiger partial charge >= 0.3 is 5.97 Å². The largest absolute Gasteiger partial charge is 0.481 e. The molecular weight excluding hydrogens is 272 g/mol. The number of rotatable bonds is 5. The molecule has 0 radical (unpaired) electrons. The number of carbonyl (C=O) groups is 1. The van der Waals surface area contributed by atoms with Gasteiger partial charge in [-0.25, -0.2) is 0 Å². The fraction of sp³-hybridized carbons (Fsp3) is 0.417. The standard InChI is InChI=1S/C12H15BrO3/c1-2-12(16,7-6-11(14)15)9-4-3-5-10(13)8-9/h3-5,8,16H,2,6-7H2,1H3,(H,14,15). The van der Waals surface area contributed by atoms with Gasteiger partial charge in [-0.2, -0.15) is 0 Å². The maximum Gasteiger partial charge on any atom is 0.303 e. The second-order valence-corrected chi connectivity index (χ2v) is 4.70. The topological polar surface area (TPSA) is 57.5 Å². The van der Waals surface area contributed by atoms with Gasteiger partial charge in [0.1, 0.15) is 0 Å². The van der Waals surface area contributed by atoms with Crippen molar-refractivity contribution >= 4 is 21.9 Å². The van der Waals surface area contributed by atoms with Crippen LogP contribution in [0.5, 0.6) is 0 Å². The Labute approximate surface area is 103 Å².